The zero-order valence-corrected chi connectivity index (χ0v) is 14.3. The van der Waals surface area contributed by atoms with Gasteiger partial charge < -0.3 is 15.1 Å². The van der Waals surface area contributed by atoms with Gasteiger partial charge in [0.25, 0.3) is 5.91 Å². The van der Waals surface area contributed by atoms with Crippen LogP contribution in [0, 0.1) is 0 Å². The Morgan fingerprint density at radius 3 is 2.48 bits per heavy atom. The highest BCUT2D eigenvalue weighted by molar-refractivity contribution is 6.31. The van der Waals surface area contributed by atoms with Gasteiger partial charge in [-0.3, -0.25) is 9.59 Å². The molecule has 1 saturated heterocycles. The summed E-state index contributed by atoms with van der Waals surface area (Å²) in [4.78, 5) is 35.2. The van der Waals surface area contributed by atoms with E-state index in [0.717, 1.165) is 12.0 Å². The average Bonchev–Trinajstić information content (AvgIpc) is 2.67. The van der Waals surface area contributed by atoms with Gasteiger partial charge in [-0.2, -0.15) is 0 Å². The van der Waals surface area contributed by atoms with E-state index < -0.39 is 0 Å². The van der Waals surface area contributed by atoms with Crippen molar-refractivity contribution in [2.45, 2.75) is 6.54 Å². The zero-order valence-electron chi connectivity index (χ0n) is 13.6. The molecule has 25 heavy (non-hydrogen) atoms. The maximum absolute atomic E-state index is 12.2. The summed E-state index contributed by atoms with van der Waals surface area (Å²) in [7, 11) is 0. The van der Waals surface area contributed by atoms with Crippen LogP contribution in [0.4, 0.5) is 5.95 Å². The van der Waals surface area contributed by atoms with E-state index in [1.54, 1.807) is 11.0 Å². The smallest absolute Gasteiger partial charge is 0.254 e. The average molecular weight is 360 g/mol. The minimum Gasteiger partial charge on any atom is -0.348 e. The summed E-state index contributed by atoms with van der Waals surface area (Å²) in [6.45, 7) is 2.99. The van der Waals surface area contributed by atoms with Crippen molar-refractivity contribution < 1.29 is 9.59 Å². The molecule has 1 N–H and O–H groups in total. The van der Waals surface area contributed by atoms with Crippen molar-refractivity contribution in [1.82, 2.24) is 20.2 Å². The molecule has 1 aromatic heterocycles. The Morgan fingerprint density at radius 2 is 1.84 bits per heavy atom. The zero-order chi connectivity index (χ0) is 17.6. The van der Waals surface area contributed by atoms with E-state index >= 15 is 0 Å². The molecule has 0 saturated carbocycles. The van der Waals surface area contributed by atoms with Crippen molar-refractivity contribution in [2.24, 2.45) is 0 Å². The lowest BCUT2D eigenvalue weighted by atomic mass is 10.2. The van der Waals surface area contributed by atoms with Crippen LogP contribution in [0.1, 0.15) is 15.9 Å². The summed E-state index contributed by atoms with van der Waals surface area (Å²) >= 11 is 6.07. The molecule has 0 aliphatic carbocycles. The fourth-order valence-corrected chi connectivity index (χ4v) is 2.75. The summed E-state index contributed by atoms with van der Waals surface area (Å²) in [5, 5.41) is 3.42. The third-order valence-electron chi connectivity index (χ3n) is 4.04. The number of aromatic nitrogens is 2. The van der Waals surface area contributed by atoms with Gasteiger partial charge in [0.2, 0.25) is 12.4 Å². The number of halogens is 1. The van der Waals surface area contributed by atoms with Gasteiger partial charge in [0.15, 0.2) is 0 Å². The molecule has 130 valence electrons. The van der Waals surface area contributed by atoms with Crippen molar-refractivity contribution in [3.63, 3.8) is 0 Å². The number of carbonyl (C=O) groups excluding carboxylic acids is 2. The lowest BCUT2D eigenvalue weighted by Gasteiger charge is -2.32. The highest BCUT2D eigenvalue weighted by atomic mass is 35.5. The van der Waals surface area contributed by atoms with E-state index in [9.17, 15) is 9.59 Å². The second-order valence-electron chi connectivity index (χ2n) is 5.67. The van der Waals surface area contributed by atoms with E-state index in [-0.39, 0.29) is 5.91 Å². The van der Waals surface area contributed by atoms with Gasteiger partial charge in [-0.1, -0.05) is 29.8 Å². The van der Waals surface area contributed by atoms with Crippen molar-refractivity contribution in [3.05, 3.63) is 52.8 Å². The molecule has 0 spiro atoms. The van der Waals surface area contributed by atoms with Crippen LogP contribution >= 0.6 is 11.6 Å². The number of rotatable bonds is 5. The first-order chi connectivity index (χ1) is 12.2. The first kappa shape index (κ1) is 17.2. The number of hydrogen-bond donors (Lipinski definition) is 1. The fraction of sp³-hybridized carbons (Fsp3) is 0.294. The summed E-state index contributed by atoms with van der Waals surface area (Å²) in [5.41, 5.74) is 1.24. The summed E-state index contributed by atoms with van der Waals surface area (Å²) < 4.78 is 0. The van der Waals surface area contributed by atoms with Crippen LogP contribution in [0.25, 0.3) is 0 Å². The number of nitrogens with one attached hydrogen (secondary N) is 1. The molecule has 2 amide bonds. The number of amides is 2. The van der Waals surface area contributed by atoms with Gasteiger partial charge in [0.1, 0.15) is 0 Å². The van der Waals surface area contributed by atoms with Crippen molar-refractivity contribution in [3.8, 4) is 0 Å². The largest absolute Gasteiger partial charge is 0.348 e. The Balaban J connectivity index is 1.57. The molecule has 0 atom stereocenters. The second-order valence-corrected chi connectivity index (χ2v) is 6.08. The Labute approximate surface area is 150 Å². The summed E-state index contributed by atoms with van der Waals surface area (Å²) in [6.07, 6.45) is 3.87. The minimum atomic E-state index is -0.253. The quantitative estimate of drug-likeness (QED) is 0.815. The van der Waals surface area contributed by atoms with Crippen LogP contribution in [0.15, 0.2) is 36.7 Å². The number of anilines is 1. The highest BCUT2D eigenvalue weighted by Gasteiger charge is 2.18. The van der Waals surface area contributed by atoms with E-state index in [4.69, 9.17) is 11.6 Å². The maximum atomic E-state index is 12.2. The van der Waals surface area contributed by atoms with E-state index in [1.807, 2.05) is 23.1 Å². The normalized spacial score (nSPS) is 14.3. The lowest BCUT2D eigenvalue weighted by molar-refractivity contribution is -0.118. The number of hydrogen-bond acceptors (Lipinski definition) is 5. The molecule has 7 nitrogen and oxygen atoms in total. The molecule has 1 aromatic carbocycles. The maximum Gasteiger partial charge on any atom is 0.254 e. The van der Waals surface area contributed by atoms with Crippen LogP contribution in [-0.4, -0.2) is 53.4 Å². The van der Waals surface area contributed by atoms with Crippen molar-refractivity contribution >= 4 is 29.9 Å². The third kappa shape index (κ3) is 4.24. The lowest BCUT2D eigenvalue weighted by Crippen LogP contribution is -2.46. The molecule has 1 aliphatic heterocycles. The van der Waals surface area contributed by atoms with Crippen LogP contribution in [0.2, 0.25) is 5.02 Å². The first-order valence-corrected chi connectivity index (χ1v) is 8.33. The second kappa shape index (κ2) is 7.94. The molecule has 2 heterocycles. The van der Waals surface area contributed by atoms with Crippen LogP contribution in [0.5, 0.6) is 0 Å². The topological polar surface area (TPSA) is 78.4 Å². The third-order valence-corrected chi connectivity index (χ3v) is 4.41. The molecule has 0 unspecified atom stereocenters. The molecular weight excluding hydrogens is 342 g/mol. The molecule has 0 radical (unpaired) electrons. The molecule has 0 bridgehead atoms. The molecule has 1 fully saturated rings. The molecule has 8 heteroatoms. The fourth-order valence-electron chi connectivity index (χ4n) is 2.55. The highest BCUT2D eigenvalue weighted by Crippen LogP contribution is 2.15. The molecule has 1 aliphatic rings. The minimum absolute atomic E-state index is 0.253. The Hall–Kier alpha value is -2.67. The summed E-state index contributed by atoms with van der Waals surface area (Å²) in [6, 6.07) is 7.36. The SMILES string of the molecule is O=CN1CCN(c2ncc(C(=O)NCc3ccccc3Cl)cn2)CC1. The standard InChI is InChI=1S/C17H18ClN5O2/c18-15-4-2-1-3-13(15)9-19-16(25)14-10-20-17(21-11-14)23-7-5-22(12-24)6-8-23/h1-4,10-12H,5-9H2,(H,19,25). The van der Waals surface area contributed by atoms with Gasteiger partial charge in [-0.25, -0.2) is 9.97 Å². The predicted molar refractivity (Wildman–Crippen MR) is 94.5 cm³/mol. The van der Waals surface area contributed by atoms with Crippen LogP contribution < -0.4 is 10.2 Å². The predicted octanol–water partition coefficient (Wildman–Crippen LogP) is 1.34. The monoisotopic (exact) mass is 359 g/mol. The van der Waals surface area contributed by atoms with E-state index in [1.165, 1.54) is 12.4 Å². The van der Waals surface area contributed by atoms with Gasteiger partial charge in [0.05, 0.1) is 5.56 Å². The van der Waals surface area contributed by atoms with Crippen molar-refractivity contribution in [2.75, 3.05) is 31.1 Å². The van der Waals surface area contributed by atoms with E-state index in [0.29, 0.717) is 49.3 Å². The van der Waals surface area contributed by atoms with Gasteiger partial charge in [-0.05, 0) is 11.6 Å². The Kier molecular flexibility index (Phi) is 5.45. The van der Waals surface area contributed by atoms with Gasteiger partial charge in [0, 0.05) is 50.1 Å². The molecular formula is C17H18ClN5O2. The summed E-state index contributed by atoms with van der Waals surface area (Å²) in [5.74, 6) is 0.311. The molecule has 3 rings (SSSR count). The van der Waals surface area contributed by atoms with Gasteiger partial charge in [-0.15, -0.1) is 0 Å². The Morgan fingerprint density at radius 1 is 1.16 bits per heavy atom. The number of benzene rings is 1. The Bertz CT molecular complexity index is 745. The molecule has 2 aromatic rings. The van der Waals surface area contributed by atoms with E-state index in [2.05, 4.69) is 15.3 Å². The number of carbonyl (C=O) groups is 2. The van der Waals surface area contributed by atoms with Crippen LogP contribution in [-0.2, 0) is 11.3 Å². The first-order valence-electron chi connectivity index (χ1n) is 7.95. The van der Waals surface area contributed by atoms with Crippen molar-refractivity contribution in [1.29, 1.82) is 0 Å². The number of nitrogens with zero attached hydrogens (tertiary/aromatic N) is 4. The van der Waals surface area contributed by atoms with Gasteiger partial charge >= 0.3 is 0 Å². The van der Waals surface area contributed by atoms with Crippen LogP contribution in [0.3, 0.4) is 0 Å². The number of piperazine rings is 1.